The molecule has 0 aliphatic carbocycles. The third-order valence-corrected chi connectivity index (χ3v) is 5.24. The molecule has 0 saturated carbocycles. The molecule has 160 valence electrons. The van der Waals surface area contributed by atoms with Gasteiger partial charge in [0.1, 0.15) is 17.9 Å². The Bertz CT molecular complexity index is 1150. The highest BCUT2D eigenvalue weighted by molar-refractivity contribution is 6.14. The minimum absolute atomic E-state index is 0.000312. The van der Waals surface area contributed by atoms with Crippen molar-refractivity contribution in [1.82, 2.24) is 0 Å². The van der Waals surface area contributed by atoms with E-state index in [0.29, 0.717) is 29.3 Å². The van der Waals surface area contributed by atoms with Crippen LogP contribution in [0.2, 0.25) is 0 Å². The molecule has 3 aromatic carbocycles. The molecule has 1 heterocycles. The second-order valence-electron chi connectivity index (χ2n) is 7.41. The number of benzene rings is 3. The summed E-state index contributed by atoms with van der Waals surface area (Å²) >= 11 is 0. The van der Waals surface area contributed by atoms with Crippen molar-refractivity contribution in [3.05, 3.63) is 125 Å². The van der Waals surface area contributed by atoms with Gasteiger partial charge in [-0.1, -0.05) is 91.0 Å². The summed E-state index contributed by atoms with van der Waals surface area (Å²) < 4.78 is 11.3. The SMILES string of the molecule is CCOC(=O)CC1=C[C@H](c2ccccc2)C(C(=O)c2ccccc2)=C(c2ccccc2)O1. The van der Waals surface area contributed by atoms with Gasteiger partial charge in [-0.2, -0.15) is 0 Å². The maximum absolute atomic E-state index is 13.7. The van der Waals surface area contributed by atoms with Crippen molar-refractivity contribution in [2.45, 2.75) is 19.3 Å². The number of rotatable bonds is 7. The molecule has 0 aromatic heterocycles. The van der Waals surface area contributed by atoms with Crippen molar-refractivity contribution in [3.8, 4) is 0 Å². The first-order valence-corrected chi connectivity index (χ1v) is 10.7. The third kappa shape index (κ3) is 4.70. The highest BCUT2D eigenvalue weighted by Crippen LogP contribution is 2.41. The van der Waals surface area contributed by atoms with Crippen LogP contribution >= 0.6 is 0 Å². The summed E-state index contributed by atoms with van der Waals surface area (Å²) in [5.41, 5.74) is 2.86. The summed E-state index contributed by atoms with van der Waals surface area (Å²) in [4.78, 5) is 25.9. The number of Topliss-reactive ketones (excluding diaryl/α,β-unsaturated/α-hetero) is 1. The average Bonchev–Trinajstić information content (AvgIpc) is 2.85. The average molecular weight is 424 g/mol. The van der Waals surface area contributed by atoms with Gasteiger partial charge in [0, 0.05) is 17.0 Å². The fourth-order valence-corrected chi connectivity index (χ4v) is 3.80. The number of ether oxygens (including phenoxy) is 2. The topological polar surface area (TPSA) is 52.6 Å². The molecule has 1 atom stereocenters. The van der Waals surface area contributed by atoms with E-state index in [-0.39, 0.29) is 24.1 Å². The van der Waals surface area contributed by atoms with Gasteiger partial charge in [-0.25, -0.2) is 0 Å². The molecule has 0 fully saturated rings. The summed E-state index contributed by atoms with van der Waals surface area (Å²) in [5.74, 6) is 0.105. The normalized spacial score (nSPS) is 15.5. The summed E-state index contributed by atoms with van der Waals surface area (Å²) in [6, 6.07) is 28.5. The molecule has 0 amide bonds. The number of carbonyl (C=O) groups excluding carboxylic acids is 2. The standard InChI is InChI=1S/C28H24O4/c1-2-31-25(29)19-23-18-24(20-12-6-3-7-13-20)26(27(30)21-14-8-4-9-15-21)28(32-23)22-16-10-5-11-17-22/h3-18,24H,2,19H2,1H3/t24-/m1/s1. The lowest BCUT2D eigenvalue weighted by Gasteiger charge is -2.28. The summed E-state index contributed by atoms with van der Waals surface area (Å²) in [5, 5.41) is 0. The number of ketones is 1. The van der Waals surface area contributed by atoms with Crippen LogP contribution in [0.3, 0.4) is 0 Å². The number of carbonyl (C=O) groups is 2. The van der Waals surface area contributed by atoms with E-state index >= 15 is 0 Å². The molecule has 0 N–H and O–H groups in total. The number of allylic oxidation sites excluding steroid dienone is 2. The minimum atomic E-state index is -0.365. The molecule has 1 aliphatic rings. The maximum Gasteiger partial charge on any atom is 0.313 e. The van der Waals surface area contributed by atoms with Gasteiger partial charge in [-0.05, 0) is 18.6 Å². The molecule has 32 heavy (non-hydrogen) atoms. The Balaban J connectivity index is 1.87. The molecule has 3 aromatic rings. The van der Waals surface area contributed by atoms with Gasteiger partial charge in [0.05, 0.1) is 12.2 Å². The predicted octanol–water partition coefficient (Wildman–Crippen LogP) is 5.93. The largest absolute Gasteiger partial charge is 0.466 e. The second kappa shape index (κ2) is 9.92. The summed E-state index contributed by atoms with van der Waals surface area (Å²) in [6.07, 6.45) is 1.86. The first-order chi connectivity index (χ1) is 15.7. The van der Waals surface area contributed by atoms with Crippen molar-refractivity contribution in [3.63, 3.8) is 0 Å². The van der Waals surface area contributed by atoms with Gasteiger partial charge in [0.25, 0.3) is 0 Å². The van der Waals surface area contributed by atoms with E-state index in [1.807, 2.05) is 84.9 Å². The Morgan fingerprint density at radius 3 is 2.06 bits per heavy atom. The zero-order chi connectivity index (χ0) is 22.3. The molecule has 4 nitrogen and oxygen atoms in total. The van der Waals surface area contributed by atoms with Crippen molar-refractivity contribution < 1.29 is 19.1 Å². The Labute approximate surface area is 187 Å². The van der Waals surface area contributed by atoms with Crippen LogP contribution < -0.4 is 0 Å². The lowest BCUT2D eigenvalue weighted by Crippen LogP contribution is -2.20. The van der Waals surface area contributed by atoms with E-state index in [2.05, 4.69) is 0 Å². The minimum Gasteiger partial charge on any atom is -0.466 e. The molecule has 0 spiro atoms. The van der Waals surface area contributed by atoms with Crippen molar-refractivity contribution in [2.24, 2.45) is 0 Å². The van der Waals surface area contributed by atoms with E-state index in [4.69, 9.17) is 9.47 Å². The zero-order valence-electron chi connectivity index (χ0n) is 17.9. The van der Waals surface area contributed by atoms with Gasteiger partial charge >= 0.3 is 5.97 Å². The van der Waals surface area contributed by atoms with Gasteiger partial charge in [-0.3, -0.25) is 9.59 Å². The van der Waals surface area contributed by atoms with Crippen LogP contribution in [0.1, 0.15) is 40.7 Å². The smallest absolute Gasteiger partial charge is 0.313 e. The lowest BCUT2D eigenvalue weighted by molar-refractivity contribution is -0.142. The molecule has 4 rings (SSSR count). The fraction of sp³-hybridized carbons (Fsp3) is 0.143. The van der Waals surface area contributed by atoms with E-state index in [0.717, 1.165) is 11.1 Å². The molecule has 0 radical (unpaired) electrons. The fourth-order valence-electron chi connectivity index (χ4n) is 3.80. The van der Waals surface area contributed by atoms with Crippen LogP contribution in [0, 0.1) is 0 Å². The summed E-state index contributed by atoms with van der Waals surface area (Å²) in [6.45, 7) is 2.07. The summed E-state index contributed by atoms with van der Waals surface area (Å²) in [7, 11) is 0. The molecule has 4 heteroatoms. The number of esters is 1. The van der Waals surface area contributed by atoms with Crippen LogP contribution in [0.4, 0.5) is 0 Å². The molecule has 0 saturated heterocycles. The Hall–Kier alpha value is -3.92. The number of hydrogen-bond donors (Lipinski definition) is 0. The number of hydrogen-bond acceptors (Lipinski definition) is 4. The molecular weight excluding hydrogens is 400 g/mol. The van der Waals surface area contributed by atoms with Crippen LogP contribution in [-0.2, 0) is 14.3 Å². The third-order valence-electron chi connectivity index (χ3n) is 5.24. The first kappa shape index (κ1) is 21.3. The Kier molecular flexibility index (Phi) is 6.61. The van der Waals surface area contributed by atoms with Crippen molar-refractivity contribution in [2.75, 3.05) is 6.61 Å². The Morgan fingerprint density at radius 1 is 0.844 bits per heavy atom. The quantitative estimate of drug-likeness (QED) is 0.348. The van der Waals surface area contributed by atoms with Crippen LogP contribution in [0.5, 0.6) is 0 Å². The van der Waals surface area contributed by atoms with Crippen LogP contribution in [0.15, 0.2) is 108 Å². The van der Waals surface area contributed by atoms with Gasteiger partial charge < -0.3 is 9.47 Å². The monoisotopic (exact) mass is 424 g/mol. The van der Waals surface area contributed by atoms with Crippen molar-refractivity contribution in [1.29, 1.82) is 0 Å². The van der Waals surface area contributed by atoms with E-state index < -0.39 is 0 Å². The first-order valence-electron chi connectivity index (χ1n) is 10.7. The highest BCUT2D eigenvalue weighted by atomic mass is 16.5. The molecule has 1 aliphatic heterocycles. The maximum atomic E-state index is 13.7. The van der Waals surface area contributed by atoms with E-state index in [1.165, 1.54) is 0 Å². The molecular formula is C28H24O4. The Morgan fingerprint density at radius 2 is 1.44 bits per heavy atom. The van der Waals surface area contributed by atoms with Gasteiger partial charge in [0.15, 0.2) is 5.78 Å². The molecule has 0 bridgehead atoms. The predicted molar refractivity (Wildman–Crippen MR) is 124 cm³/mol. The van der Waals surface area contributed by atoms with Gasteiger partial charge in [0.2, 0.25) is 0 Å². The van der Waals surface area contributed by atoms with Gasteiger partial charge in [-0.15, -0.1) is 0 Å². The molecule has 0 unspecified atom stereocenters. The van der Waals surface area contributed by atoms with E-state index in [1.54, 1.807) is 19.1 Å². The van der Waals surface area contributed by atoms with Crippen LogP contribution in [-0.4, -0.2) is 18.4 Å². The van der Waals surface area contributed by atoms with Crippen molar-refractivity contribution >= 4 is 17.5 Å². The highest BCUT2D eigenvalue weighted by Gasteiger charge is 2.33. The second-order valence-corrected chi connectivity index (χ2v) is 7.41. The zero-order valence-corrected chi connectivity index (χ0v) is 17.9. The van der Waals surface area contributed by atoms with Crippen LogP contribution in [0.25, 0.3) is 5.76 Å². The van der Waals surface area contributed by atoms with E-state index in [9.17, 15) is 9.59 Å². The lowest BCUT2D eigenvalue weighted by atomic mass is 9.82.